The van der Waals surface area contributed by atoms with Crippen LogP contribution in [0.15, 0.2) is 24.8 Å². The van der Waals surface area contributed by atoms with Crippen LogP contribution in [-0.4, -0.2) is 24.4 Å². The van der Waals surface area contributed by atoms with Crippen molar-refractivity contribution in [1.82, 2.24) is 10.2 Å². The summed E-state index contributed by atoms with van der Waals surface area (Å²) in [5.41, 5.74) is 1.82. The molecule has 5 nitrogen and oxygen atoms in total. The first-order chi connectivity index (χ1) is 9.96. The van der Waals surface area contributed by atoms with Gasteiger partial charge < -0.3 is 9.05 Å². The first-order valence-electron chi connectivity index (χ1n) is 5.85. The van der Waals surface area contributed by atoms with Gasteiger partial charge in [0.2, 0.25) is 0 Å². The molecule has 0 saturated carbocycles. The van der Waals surface area contributed by atoms with E-state index in [1.807, 2.05) is 0 Å². The highest BCUT2D eigenvalue weighted by Crippen LogP contribution is 2.48. The zero-order valence-corrected chi connectivity index (χ0v) is 13.8. The number of nitrogens with zero attached hydrogens (tertiary/aromatic N) is 1. The lowest BCUT2D eigenvalue weighted by molar-refractivity contribution is 0.286. The molecule has 21 heavy (non-hydrogen) atoms. The Labute approximate surface area is 132 Å². The molecular weight excluding hydrogens is 334 g/mol. The maximum atomic E-state index is 12.6. The average molecular weight is 347 g/mol. The van der Waals surface area contributed by atoms with Crippen LogP contribution in [0.25, 0.3) is 17.2 Å². The van der Waals surface area contributed by atoms with Crippen LogP contribution >= 0.6 is 30.8 Å². The second-order valence-electron chi connectivity index (χ2n) is 4.02. The largest absolute Gasteiger partial charge is 0.379 e. The van der Waals surface area contributed by atoms with E-state index in [1.54, 1.807) is 18.2 Å². The highest BCUT2D eigenvalue weighted by atomic mass is 35.5. The summed E-state index contributed by atoms with van der Waals surface area (Å²) in [5, 5.41) is 7.64. The van der Waals surface area contributed by atoms with Crippen molar-refractivity contribution in [2.24, 2.45) is 0 Å². The van der Waals surface area contributed by atoms with E-state index in [2.05, 4.69) is 16.8 Å². The van der Waals surface area contributed by atoms with Gasteiger partial charge in [-0.25, -0.2) is 0 Å². The normalized spacial score (nSPS) is 11.6. The number of rotatable bonds is 5. The summed E-state index contributed by atoms with van der Waals surface area (Å²) in [4.78, 5) is 0. The van der Waals surface area contributed by atoms with Crippen molar-refractivity contribution in [2.45, 2.75) is 0 Å². The van der Waals surface area contributed by atoms with Gasteiger partial charge in [-0.3, -0.25) is 9.66 Å². The van der Waals surface area contributed by atoms with Gasteiger partial charge in [0, 0.05) is 30.4 Å². The van der Waals surface area contributed by atoms with Crippen molar-refractivity contribution in [2.75, 3.05) is 14.2 Å². The molecule has 1 N–H and O–H groups in total. The lowest BCUT2D eigenvalue weighted by atomic mass is 10.1. The Morgan fingerprint density at radius 2 is 2.00 bits per heavy atom. The first kappa shape index (κ1) is 16.3. The molecule has 0 spiro atoms. The molecule has 0 bridgehead atoms. The predicted octanol–water partition coefficient (Wildman–Crippen LogP) is 4.14. The van der Waals surface area contributed by atoms with Crippen LogP contribution in [0.4, 0.5) is 0 Å². The highest BCUT2D eigenvalue weighted by Gasteiger charge is 2.33. The summed E-state index contributed by atoms with van der Waals surface area (Å²) in [6.45, 7) is 3.69. The van der Waals surface area contributed by atoms with Gasteiger partial charge in [-0.1, -0.05) is 35.8 Å². The lowest BCUT2D eigenvalue weighted by Gasteiger charge is -2.14. The van der Waals surface area contributed by atoms with Crippen LogP contribution in [0.5, 0.6) is 0 Å². The molecule has 2 rings (SSSR count). The third kappa shape index (κ3) is 2.93. The molecule has 0 amide bonds. The Morgan fingerprint density at radius 3 is 2.52 bits per heavy atom. The van der Waals surface area contributed by atoms with Crippen LogP contribution in [-0.2, 0) is 13.6 Å². The Balaban J connectivity index is 2.75. The SMILES string of the molecule is C=Cc1n[nH]c(P(=O)(OC)OC)c1-c1ccc(Cl)cc1Cl. The molecule has 0 aliphatic carbocycles. The molecule has 112 valence electrons. The fourth-order valence-electron chi connectivity index (χ4n) is 1.91. The van der Waals surface area contributed by atoms with Gasteiger partial charge in [-0.2, -0.15) is 5.10 Å². The third-order valence-corrected chi connectivity index (χ3v) is 5.30. The van der Waals surface area contributed by atoms with Gasteiger partial charge in [0.05, 0.1) is 10.7 Å². The molecule has 1 heterocycles. The quantitative estimate of drug-likeness (QED) is 0.826. The van der Waals surface area contributed by atoms with Gasteiger partial charge in [0.1, 0.15) is 0 Å². The molecule has 0 atom stereocenters. The number of nitrogens with one attached hydrogen (secondary N) is 1. The van der Waals surface area contributed by atoms with E-state index in [0.717, 1.165) is 0 Å². The number of aromatic nitrogens is 2. The summed E-state index contributed by atoms with van der Waals surface area (Å²) < 4.78 is 22.7. The molecule has 8 heteroatoms. The van der Waals surface area contributed by atoms with Crippen molar-refractivity contribution in [3.05, 3.63) is 40.5 Å². The average Bonchev–Trinajstić information content (AvgIpc) is 2.90. The number of hydrogen-bond acceptors (Lipinski definition) is 4. The van der Waals surface area contributed by atoms with Crippen molar-refractivity contribution >= 4 is 42.3 Å². The second kappa shape index (κ2) is 6.34. The summed E-state index contributed by atoms with van der Waals surface area (Å²) in [5.74, 6) is 0. The number of H-pyrrole nitrogens is 1. The van der Waals surface area contributed by atoms with Gasteiger partial charge in [-0.15, -0.1) is 0 Å². The monoisotopic (exact) mass is 346 g/mol. The van der Waals surface area contributed by atoms with Gasteiger partial charge in [0.25, 0.3) is 0 Å². The second-order valence-corrected chi connectivity index (χ2v) is 7.04. The van der Waals surface area contributed by atoms with E-state index in [9.17, 15) is 4.57 Å². The van der Waals surface area contributed by atoms with E-state index in [1.165, 1.54) is 20.3 Å². The minimum atomic E-state index is -3.52. The molecule has 0 saturated heterocycles. The zero-order valence-electron chi connectivity index (χ0n) is 11.4. The van der Waals surface area contributed by atoms with Crippen LogP contribution in [0, 0.1) is 0 Å². The Morgan fingerprint density at radius 1 is 1.33 bits per heavy atom. The molecule has 0 aliphatic rings. The van der Waals surface area contributed by atoms with Crippen LogP contribution in [0.2, 0.25) is 10.0 Å². The standard InChI is InChI=1S/C13H13Cl2N2O3P/c1-4-11-12(9-6-5-8(14)7-10(9)15)13(17-16-11)21(18,19-2)20-3/h4-7H,1H2,2-3H3,(H,16,17). The predicted molar refractivity (Wildman–Crippen MR) is 85.4 cm³/mol. The number of hydrogen-bond donors (Lipinski definition) is 1. The Kier molecular flexibility index (Phi) is 4.91. The van der Waals surface area contributed by atoms with Gasteiger partial charge in [-0.05, 0) is 18.2 Å². The topological polar surface area (TPSA) is 64.2 Å². The van der Waals surface area contributed by atoms with E-state index < -0.39 is 7.60 Å². The Hall–Kier alpha value is -1.10. The molecule has 0 radical (unpaired) electrons. The van der Waals surface area contributed by atoms with Crippen LogP contribution in [0.1, 0.15) is 5.69 Å². The molecule has 2 aromatic rings. The molecule has 0 unspecified atom stereocenters. The van der Waals surface area contributed by atoms with E-state index in [0.29, 0.717) is 26.9 Å². The number of benzene rings is 1. The molecule has 1 aromatic heterocycles. The molecule has 0 fully saturated rings. The lowest BCUT2D eigenvalue weighted by Crippen LogP contribution is -2.12. The number of aromatic amines is 1. The maximum absolute atomic E-state index is 12.6. The van der Waals surface area contributed by atoms with E-state index >= 15 is 0 Å². The summed E-state index contributed by atoms with van der Waals surface area (Å²) in [7, 11) is -0.923. The summed E-state index contributed by atoms with van der Waals surface area (Å²) in [6.07, 6.45) is 1.52. The third-order valence-electron chi connectivity index (χ3n) is 2.92. The maximum Gasteiger partial charge on any atom is 0.379 e. The first-order valence-corrected chi connectivity index (χ1v) is 8.15. The van der Waals surface area contributed by atoms with Gasteiger partial charge >= 0.3 is 7.60 Å². The van der Waals surface area contributed by atoms with Crippen molar-refractivity contribution < 1.29 is 13.6 Å². The number of halogens is 2. The van der Waals surface area contributed by atoms with E-state index in [4.69, 9.17) is 32.2 Å². The smallest absolute Gasteiger partial charge is 0.308 e. The summed E-state index contributed by atoms with van der Waals surface area (Å²) in [6, 6.07) is 4.98. The molecular formula is C13H13Cl2N2O3P. The minimum absolute atomic E-state index is 0.214. The van der Waals surface area contributed by atoms with Crippen LogP contribution < -0.4 is 5.44 Å². The highest BCUT2D eigenvalue weighted by molar-refractivity contribution is 7.62. The van der Waals surface area contributed by atoms with Crippen molar-refractivity contribution in [1.29, 1.82) is 0 Å². The van der Waals surface area contributed by atoms with Crippen molar-refractivity contribution in [3.63, 3.8) is 0 Å². The Bertz CT molecular complexity index is 722. The molecule has 1 aromatic carbocycles. The molecule has 0 aliphatic heterocycles. The fraction of sp³-hybridized carbons (Fsp3) is 0.154. The van der Waals surface area contributed by atoms with Crippen molar-refractivity contribution in [3.8, 4) is 11.1 Å². The minimum Gasteiger partial charge on any atom is -0.308 e. The zero-order chi connectivity index (χ0) is 15.6. The van der Waals surface area contributed by atoms with E-state index in [-0.39, 0.29) is 5.44 Å². The van der Waals surface area contributed by atoms with Gasteiger partial charge in [0.15, 0.2) is 5.44 Å². The fourth-order valence-corrected chi connectivity index (χ4v) is 3.61. The van der Waals surface area contributed by atoms with Crippen LogP contribution in [0.3, 0.4) is 0 Å². The summed E-state index contributed by atoms with van der Waals surface area (Å²) >= 11 is 12.1.